The molecule has 1 aromatic heterocycles. The lowest BCUT2D eigenvalue weighted by Crippen LogP contribution is -2.45. The van der Waals surface area contributed by atoms with Crippen LogP contribution in [0.2, 0.25) is 0 Å². The first kappa shape index (κ1) is 16.7. The average Bonchev–Trinajstić information content (AvgIpc) is 2.56. The third-order valence-electron chi connectivity index (χ3n) is 3.75. The molecule has 1 fully saturated rings. The van der Waals surface area contributed by atoms with E-state index in [0.717, 1.165) is 32.0 Å². The maximum absolute atomic E-state index is 12.2. The molecule has 0 aliphatic carbocycles. The first-order chi connectivity index (χ1) is 10.6. The summed E-state index contributed by atoms with van der Waals surface area (Å²) in [6.45, 7) is 4.13. The van der Waals surface area contributed by atoms with Crippen LogP contribution in [-0.4, -0.2) is 76.1 Å². The number of anilines is 1. The maximum Gasteiger partial charge on any atom is 0.270 e. The largest absolute Gasteiger partial charge is 0.354 e. The summed E-state index contributed by atoms with van der Waals surface area (Å²) in [6.07, 6.45) is -0.454. The number of aromatic nitrogens is 1. The molecule has 0 bridgehead atoms. The molecule has 0 unspecified atom stereocenters. The summed E-state index contributed by atoms with van der Waals surface area (Å²) in [5, 5.41) is 2.76. The van der Waals surface area contributed by atoms with Crippen LogP contribution in [0.4, 0.5) is 5.82 Å². The molecule has 0 spiro atoms. The lowest BCUT2D eigenvalue weighted by Gasteiger charge is -2.33. The molecule has 1 aromatic rings. The number of methoxy groups -OCH3 is 2. The molecule has 1 aliphatic heterocycles. The van der Waals surface area contributed by atoms with Gasteiger partial charge in [-0.25, -0.2) is 4.98 Å². The Labute approximate surface area is 131 Å². The van der Waals surface area contributed by atoms with Gasteiger partial charge >= 0.3 is 0 Å². The molecule has 0 atom stereocenters. The molecule has 2 heterocycles. The Kier molecular flexibility index (Phi) is 6.11. The molecule has 1 aliphatic rings. The van der Waals surface area contributed by atoms with E-state index in [2.05, 4.69) is 27.1 Å². The topological polar surface area (TPSA) is 66.9 Å². The van der Waals surface area contributed by atoms with Crippen LogP contribution in [0, 0.1) is 0 Å². The molecule has 2 rings (SSSR count). The van der Waals surface area contributed by atoms with Crippen molar-refractivity contribution in [3.63, 3.8) is 0 Å². The lowest BCUT2D eigenvalue weighted by atomic mass is 10.3. The Morgan fingerprint density at radius 1 is 1.27 bits per heavy atom. The minimum atomic E-state index is -0.454. The van der Waals surface area contributed by atoms with Gasteiger partial charge in [0.1, 0.15) is 11.5 Å². The second-order valence-corrected chi connectivity index (χ2v) is 5.28. The van der Waals surface area contributed by atoms with Crippen molar-refractivity contribution in [3.8, 4) is 0 Å². The molecule has 22 heavy (non-hydrogen) atoms. The van der Waals surface area contributed by atoms with Gasteiger partial charge in [0.25, 0.3) is 5.91 Å². The predicted octanol–water partition coefficient (Wildman–Crippen LogP) is 0.182. The van der Waals surface area contributed by atoms with E-state index in [4.69, 9.17) is 9.47 Å². The van der Waals surface area contributed by atoms with Gasteiger partial charge in [0, 0.05) is 40.4 Å². The SMILES string of the molecule is COC(CNC(=O)c1cccc(N2CCN(C)CC2)n1)OC. The number of amides is 1. The Balaban J connectivity index is 1.97. The quantitative estimate of drug-likeness (QED) is 0.756. The Morgan fingerprint density at radius 3 is 2.59 bits per heavy atom. The normalized spacial score (nSPS) is 16.1. The van der Waals surface area contributed by atoms with Gasteiger partial charge in [-0.3, -0.25) is 4.79 Å². The van der Waals surface area contributed by atoms with E-state index < -0.39 is 6.29 Å². The van der Waals surface area contributed by atoms with Gasteiger partial charge in [0.05, 0.1) is 6.54 Å². The number of likely N-dealkylation sites (N-methyl/N-ethyl adjacent to an activating group) is 1. The number of nitrogens with zero attached hydrogens (tertiary/aromatic N) is 3. The third-order valence-corrected chi connectivity index (χ3v) is 3.75. The smallest absolute Gasteiger partial charge is 0.270 e. The fourth-order valence-corrected chi connectivity index (χ4v) is 2.29. The average molecular weight is 308 g/mol. The monoisotopic (exact) mass is 308 g/mol. The highest BCUT2D eigenvalue weighted by atomic mass is 16.7. The molecule has 1 N–H and O–H groups in total. The Bertz CT molecular complexity index is 485. The standard InChI is InChI=1S/C15H24N4O3/c1-18-7-9-19(10-8-18)13-6-4-5-12(17-13)15(20)16-11-14(21-2)22-3/h4-6,14H,7-11H2,1-3H3,(H,16,20). The van der Waals surface area contributed by atoms with Crippen molar-refractivity contribution < 1.29 is 14.3 Å². The molecule has 7 nitrogen and oxygen atoms in total. The van der Waals surface area contributed by atoms with E-state index in [1.165, 1.54) is 14.2 Å². The lowest BCUT2D eigenvalue weighted by molar-refractivity contribution is -0.0974. The van der Waals surface area contributed by atoms with Gasteiger partial charge in [-0.1, -0.05) is 6.07 Å². The number of pyridine rings is 1. The van der Waals surface area contributed by atoms with Gasteiger partial charge in [-0.2, -0.15) is 0 Å². The molecular formula is C15H24N4O3. The van der Waals surface area contributed by atoms with Crippen LogP contribution in [0.5, 0.6) is 0 Å². The molecule has 1 amide bonds. The third kappa shape index (κ3) is 4.40. The summed E-state index contributed by atoms with van der Waals surface area (Å²) in [6, 6.07) is 5.51. The Morgan fingerprint density at radius 2 is 1.95 bits per heavy atom. The van der Waals surface area contributed by atoms with Gasteiger partial charge in [-0.05, 0) is 19.2 Å². The van der Waals surface area contributed by atoms with Crippen LogP contribution < -0.4 is 10.2 Å². The minimum absolute atomic E-state index is 0.227. The van der Waals surface area contributed by atoms with Crippen LogP contribution >= 0.6 is 0 Å². The van der Waals surface area contributed by atoms with Crippen LogP contribution in [0.15, 0.2) is 18.2 Å². The molecule has 0 radical (unpaired) electrons. The highest BCUT2D eigenvalue weighted by Crippen LogP contribution is 2.13. The molecule has 7 heteroatoms. The second kappa shape index (κ2) is 8.07. The Hall–Kier alpha value is -1.70. The number of piperazine rings is 1. The van der Waals surface area contributed by atoms with Gasteiger partial charge in [-0.15, -0.1) is 0 Å². The fraction of sp³-hybridized carbons (Fsp3) is 0.600. The number of carbonyl (C=O) groups is 1. The van der Waals surface area contributed by atoms with E-state index in [9.17, 15) is 4.79 Å². The summed E-state index contributed by atoms with van der Waals surface area (Å²) < 4.78 is 10.1. The summed E-state index contributed by atoms with van der Waals surface area (Å²) in [5.74, 6) is 0.617. The minimum Gasteiger partial charge on any atom is -0.354 e. The number of ether oxygens (including phenoxy) is 2. The van der Waals surface area contributed by atoms with Crippen molar-refractivity contribution in [2.24, 2.45) is 0 Å². The zero-order chi connectivity index (χ0) is 15.9. The first-order valence-electron chi connectivity index (χ1n) is 7.38. The predicted molar refractivity (Wildman–Crippen MR) is 84.1 cm³/mol. The van der Waals surface area contributed by atoms with Gasteiger partial charge in [0.15, 0.2) is 6.29 Å². The second-order valence-electron chi connectivity index (χ2n) is 5.28. The number of hydrogen-bond acceptors (Lipinski definition) is 6. The molecule has 122 valence electrons. The van der Waals surface area contributed by atoms with E-state index in [-0.39, 0.29) is 12.5 Å². The van der Waals surface area contributed by atoms with E-state index in [1.54, 1.807) is 6.07 Å². The van der Waals surface area contributed by atoms with Crippen molar-refractivity contribution in [1.29, 1.82) is 0 Å². The molecule has 1 saturated heterocycles. The number of carbonyl (C=O) groups excluding carboxylic acids is 1. The van der Waals surface area contributed by atoms with Gasteiger partial charge in [0.2, 0.25) is 0 Å². The highest BCUT2D eigenvalue weighted by Gasteiger charge is 2.17. The zero-order valence-corrected chi connectivity index (χ0v) is 13.4. The van der Waals surface area contributed by atoms with Crippen LogP contribution in [-0.2, 0) is 9.47 Å². The summed E-state index contributed by atoms with van der Waals surface area (Å²) in [7, 11) is 5.18. The van der Waals surface area contributed by atoms with Crippen molar-refractivity contribution in [2.75, 3.05) is 58.9 Å². The molecule has 0 aromatic carbocycles. The number of nitrogens with one attached hydrogen (secondary N) is 1. The van der Waals surface area contributed by atoms with Gasteiger partial charge < -0.3 is 24.6 Å². The summed E-state index contributed by atoms with van der Waals surface area (Å²) in [5.41, 5.74) is 0.405. The van der Waals surface area contributed by atoms with Crippen LogP contribution in [0.3, 0.4) is 0 Å². The number of hydrogen-bond donors (Lipinski definition) is 1. The van der Waals surface area contributed by atoms with Crippen molar-refractivity contribution in [2.45, 2.75) is 6.29 Å². The maximum atomic E-state index is 12.2. The first-order valence-corrected chi connectivity index (χ1v) is 7.38. The molecule has 0 saturated carbocycles. The molecular weight excluding hydrogens is 284 g/mol. The van der Waals surface area contributed by atoms with Crippen LogP contribution in [0.1, 0.15) is 10.5 Å². The summed E-state index contributed by atoms with van der Waals surface area (Å²) in [4.78, 5) is 21.1. The fourth-order valence-electron chi connectivity index (χ4n) is 2.29. The summed E-state index contributed by atoms with van der Waals surface area (Å²) >= 11 is 0. The number of rotatable bonds is 6. The van der Waals surface area contributed by atoms with E-state index in [0.29, 0.717) is 5.69 Å². The van der Waals surface area contributed by atoms with Crippen molar-refractivity contribution >= 4 is 11.7 Å². The van der Waals surface area contributed by atoms with Crippen LogP contribution in [0.25, 0.3) is 0 Å². The van der Waals surface area contributed by atoms with E-state index >= 15 is 0 Å². The van der Waals surface area contributed by atoms with E-state index in [1.807, 2.05) is 12.1 Å². The van der Waals surface area contributed by atoms with Crippen molar-refractivity contribution in [3.05, 3.63) is 23.9 Å². The highest BCUT2D eigenvalue weighted by molar-refractivity contribution is 5.92. The zero-order valence-electron chi connectivity index (χ0n) is 13.4. The van der Waals surface area contributed by atoms with Crippen molar-refractivity contribution in [1.82, 2.24) is 15.2 Å².